The number of aliphatic hydroxyl groups excluding tert-OH is 1. The first-order chi connectivity index (χ1) is 8.98. The molecule has 0 aliphatic carbocycles. The quantitative estimate of drug-likeness (QED) is 0.911. The molecule has 0 saturated heterocycles. The van der Waals surface area contributed by atoms with E-state index in [-0.39, 0.29) is 11.5 Å². The molecule has 0 bridgehead atoms. The fourth-order valence-corrected chi connectivity index (χ4v) is 2.08. The Labute approximate surface area is 113 Å². The van der Waals surface area contributed by atoms with E-state index in [0.717, 1.165) is 5.56 Å². The van der Waals surface area contributed by atoms with E-state index in [1.165, 1.54) is 6.33 Å². The molecule has 0 aromatic carbocycles. The second kappa shape index (κ2) is 5.48. The van der Waals surface area contributed by atoms with E-state index in [1.807, 2.05) is 32.9 Å². The van der Waals surface area contributed by atoms with Crippen molar-refractivity contribution in [2.75, 3.05) is 0 Å². The molecule has 2 unspecified atom stereocenters. The standard InChI is InChI=1S/C14H20N4O/c1-14(2,3)13(19)12(18-10-16-9-17-18)8-11-4-6-15-7-5-11/h4-7,9-10,12-13,19H,8H2,1-3H3. The highest BCUT2D eigenvalue weighted by atomic mass is 16.3. The Bertz CT molecular complexity index is 490. The summed E-state index contributed by atoms with van der Waals surface area (Å²) in [7, 11) is 0. The lowest BCUT2D eigenvalue weighted by Crippen LogP contribution is -2.37. The highest BCUT2D eigenvalue weighted by Gasteiger charge is 2.32. The van der Waals surface area contributed by atoms with Crippen LogP contribution in [0.15, 0.2) is 37.2 Å². The summed E-state index contributed by atoms with van der Waals surface area (Å²) >= 11 is 0. The van der Waals surface area contributed by atoms with Crippen LogP contribution in [0.3, 0.4) is 0 Å². The average molecular weight is 260 g/mol. The number of rotatable bonds is 4. The first-order valence-corrected chi connectivity index (χ1v) is 6.39. The molecule has 0 amide bonds. The summed E-state index contributed by atoms with van der Waals surface area (Å²) in [5.41, 5.74) is 0.905. The van der Waals surface area contributed by atoms with Crippen LogP contribution < -0.4 is 0 Å². The van der Waals surface area contributed by atoms with Crippen LogP contribution in [0.4, 0.5) is 0 Å². The van der Waals surface area contributed by atoms with Gasteiger partial charge in [-0.3, -0.25) is 4.98 Å². The maximum absolute atomic E-state index is 10.6. The van der Waals surface area contributed by atoms with Gasteiger partial charge in [0.2, 0.25) is 0 Å². The highest BCUT2D eigenvalue weighted by molar-refractivity contribution is 5.11. The molecule has 0 aliphatic rings. The van der Waals surface area contributed by atoms with Crippen LogP contribution in [0.5, 0.6) is 0 Å². The zero-order valence-electron chi connectivity index (χ0n) is 11.6. The lowest BCUT2D eigenvalue weighted by Gasteiger charge is -2.33. The van der Waals surface area contributed by atoms with E-state index in [2.05, 4.69) is 15.1 Å². The minimum Gasteiger partial charge on any atom is -0.390 e. The van der Waals surface area contributed by atoms with Crippen molar-refractivity contribution in [1.29, 1.82) is 0 Å². The molecule has 5 heteroatoms. The molecule has 0 saturated carbocycles. The molecule has 2 rings (SSSR count). The van der Waals surface area contributed by atoms with Crippen LogP contribution in [0.25, 0.3) is 0 Å². The monoisotopic (exact) mass is 260 g/mol. The molecule has 0 radical (unpaired) electrons. The number of aliphatic hydroxyl groups is 1. The van der Waals surface area contributed by atoms with Crippen molar-refractivity contribution >= 4 is 0 Å². The molecule has 2 heterocycles. The third kappa shape index (κ3) is 3.38. The Kier molecular flexibility index (Phi) is 3.95. The zero-order chi connectivity index (χ0) is 13.9. The number of aromatic nitrogens is 4. The van der Waals surface area contributed by atoms with Crippen molar-refractivity contribution in [1.82, 2.24) is 19.7 Å². The van der Waals surface area contributed by atoms with Gasteiger partial charge >= 0.3 is 0 Å². The van der Waals surface area contributed by atoms with Crippen LogP contribution in [0.1, 0.15) is 32.4 Å². The molecule has 2 aromatic heterocycles. The molecule has 0 fully saturated rings. The molecule has 1 N–H and O–H groups in total. The van der Waals surface area contributed by atoms with E-state index >= 15 is 0 Å². The van der Waals surface area contributed by atoms with Crippen molar-refractivity contribution in [2.24, 2.45) is 5.41 Å². The largest absolute Gasteiger partial charge is 0.390 e. The van der Waals surface area contributed by atoms with Gasteiger partial charge in [0.25, 0.3) is 0 Å². The fraction of sp³-hybridized carbons (Fsp3) is 0.500. The molecular formula is C14H20N4O. The molecule has 2 aromatic rings. The smallest absolute Gasteiger partial charge is 0.137 e. The van der Waals surface area contributed by atoms with Crippen molar-refractivity contribution in [2.45, 2.75) is 39.3 Å². The van der Waals surface area contributed by atoms with Crippen molar-refractivity contribution < 1.29 is 5.11 Å². The van der Waals surface area contributed by atoms with E-state index in [0.29, 0.717) is 6.42 Å². The minimum atomic E-state index is -0.512. The molecule has 2 atom stereocenters. The maximum atomic E-state index is 10.6. The first kappa shape index (κ1) is 13.7. The second-order valence-corrected chi connectivity index (χ2v) is 5.81. The van der Waals surface area contributed by atoms with Crippen LogP contribution in [0, 0.1) is 5.41 Å². The van der Waals surface area contributed by atoms with Gasteiger partial charge in [0.05, 0.1) is 12.1 Å². The summed E-state index contributed by atoms with van der Waals surface area (Å²) in [4.78, 5) is 7.99. The highest BCUT2D eigenvalue weighted by Crippen LogP contribution is 2.30. The van der Waals surface area contributed by atoms with E-state index in [4.69, 9.17) is 0 Å². The third-order valence-electron chi connectivity index (χ3n) is 3.22. The van der Waals surface area contributed by atoms with Crippen molar-refractivity contribution in [3.63, 3.8) is 0 Å². The summed E-state index contributed by atoms with van der Waals surface area (Å²) in [6.45, 7) is 6.07. The SMILES string of the molecule is CC(C)(C)C(O)C(Cc1ccncc1)n1cncn1. The van der Waals surface area contributed by atoms with Crippen molar-refractivity contribution in [3.8, 4) is 0 Å². The van der Waals surface area contributed by atoms with Crippen LogP contribution in [0.2, 0.25) is 0 Å². The van der Waals surface area contributed by atoms with Gasteiger partial charge in [0.1, 0.15) is 12.7 Å². The van der Waals surface area contributed by atoms with E-state index in [1.54, 1.807) is 23.4 Å². The normalized spacial score (nSPS) is 15.2. The lowest BCUT2D eigenvalue weighted by molar-refractivity contribution is 0.0124. The van der Waals surface area contributed by atoms with Gasteiger partial charge in [-0.25, -0.2) is 9.67 Å². The summed E-state index contributed by atoms with van der Waals surface area (Å²) < 4.78 is 1.73. The Balaban J connectivity index is 2.25. The number of hydrogen-bond donors (Lipinski definition) is 1. The summed E-state index contributed by atoms with van der Waals surface area (Å²) in [5, 5.41) is 14.8. The van der Waals surface area contributed by atoms with Gasteiger partial charge in [-0.15, -0.1) is 0 Å². The van der Waals surface area contributed by atoms with Gasteiger partial charge in [0.15, 0.2) is 0 Å². The third-order valence-corrected chi connectivity index (χ3v) is 3.22. The van der Waals surface area contributed by atoms with Gasteiger partial charge in [-0.1, -0.05) is 20.8 Å². The molecule has 0 spiro atoms. The molecule has 5 nitrogen and oxygen atoms in total. The minimum absolute atomic E-state index is 0.134. The topological polar surface area (TPSA) is 63.8 Å². The first-order valence-electron chi connectivity index (χ1n) is 6.39. The van der Waals surface area contributed by atoms with Crippen LogP contribution in [-0.4, -0.2) is 31.0 Å². The molecular weight excluding hydrogens is 240 g/mol. The molecule has 0 aliphatic heterocycles. The van der Waals surface area contributed by atoms with E-state index in [9.17, 15) is 5.11 Å². The van der Waals surface area contributed by atoms with Gasteiger partial charge in [-0.2, -0.15) is 5.10 Å². The van der Waals surface area contributed by atoms with Gasteiger partial charge in [-0.05, 0) is 29.5 Å². The number of pyridine rings is 1. The van der Waals surface area contributed by atoms with Crippen LogP contribution in [-0.2, 0) is 6.42 Å². The van der Waals surface area contributed by atoms with Gasteiger partial charge < -0.3 is 5.11 Å². The fourth-order valence-electron chi connectivity index (χ4n) is 2.08. The molecule has 19 heavy (non-hydrogen) atoms. The Morgan fingerprint density at radius 2 is 1.89 bits per heavy atom. The average Bonchev–Trinajstić information content (AvgIpc) is 2.89. The summed E-state index contributed by atoms with van der Waals surface area (Å²) in [5.74, 6) is 0. The summed E-state index contributed by atoms with van der Waals surface area (Å²) in [6, 6.07) is 3.78. The number of nitrogens with zero attached hydrogens (tertiary/aromatic N) is 4. The Morgan fingerprint density at radius 1 is 1.21 bits per heavy atom. The lowest BCUT2D eigenvalue weighted by atomic mass is 9.83. The van der Waals surface area contributed by atoms with Gasteiger partial charge in [0, 0.05) is 12.4 Å². The van der Waals surface area contributed by atoms with E-state index < -0.39 is 6.10 Å². The van der Waals surface area contributed by atoms with Crippen LogP contribution >= 0.6 is 0 Å². The maximum Gasteiger partial charge on any atom is 0.137 e. The molecule has 102 valence electrons. The number of hydrogen-bond acceptors (Lipinski definition) is 4. The predicted octanol–water partition coefficient (Wildman–Crippen LogP) is 1.86. The Hall–Kier alpha value is -1.75. The zero-order valence-corrected chi connectivity index (χ0v) is 11.6. The summed E-state index contributed by atoms with van der Waals surface area (Å²) in [6.07, 6.45) is 6.86. The Morgan fingerprint density at radius 3 is 2.42 bits per heavy atom. The van der Waals surface area contributed by atoms with Crippen molar-refractivity contribution in [3.05, 3.63) is 42.7 Å². The second-order valence-electron chi connectivity index (χ2n) is 5.81. The predicted molar refractivity (Wildman–Crippen MR) is 72.5 cm³/mol.